The highest BCUT2D eigenvalue weighted by molar-refractivity contribution is 5.79. The largest absolute Gasteiger partial charge is 0.490 e. The summed E-state index contributed by atoms with van der Waals surface area (Å²) in [7, 11) is 0. The first-order valence-corrected chi connectivity index (χ1v) is 9.14. The number of ether oxygens (including phenoxy) is 1. The quantitative estimate of drug-likeness (QED) is 0.601. The van der Waals surface area contributed by atoms with E-state index in [0.29, 0.717) is 18.7 Å². The van der Waals surface area contributed by atoms with Gasteiger partial charge < -0.3 is 20.1 Å². The summed E-state index contributed by atoms with van der Waals surface area (Å²) in [5.74, 6) is 0.817. The molecule has 0 aliphatic carbocycles. The molecule has 5 nitrogen and oxygen atoms in total. The van der Waals surface area contributed by atoms with Gasteiger partial charge in [-0.15, -0.1) is 0 Å². The number of aliphatic hydroxyl groups is 1. The van der Waals surface area contributed by atoms with Crippen LogP contribution in [0.15, 0.2) is 47.3 Å². The molecular weight excluding hydrogens is 340 g/mol. The van der Waals surface area contributed by atoms with E-state index in [2.05, 4.69) is 10.3 Å². The lowest BCUT2D eigenvalue weighted by Crippen LogP contribution is -2.32. The summed E-state index contributed by atoms with van der Waals surface area (Å²) in [6, 6.07) is 13.8. The van der Waals surface area contributed by atoms with Crippen LogP contribution in [0, 0.1) is 20.8 Å². The van der Waals surface area contributed by atoms with Crippen LogP contribution in [0.1, 0.15) is 22.3 Å². The van der Waals surface area contributed by atoms with Crippen molar-refractivity contribution < 1.29 is 9.84 Å². The lowest BCUT2D eigenvalue weighted by Gasteiger charge is -2.16. The molecule has 0 saturated heterocycles. The van der Waals surface area contributed by atoms with Crippen molar-refractivity contribution in [3.05, 3.63) is 75.1 Å². The first-order chi connectivity index (χ1) is 12.9. The average Bonchev–Trinajstić information content (AvgIpc) is 2.62. The van der Waals surface area contributed by atoms with Crippen molar-refractivity contribution in [3.63, 3.8) is 0 Å². The molecule has 2 aromatic carbocycles. The second-order valence-electron chi connectivity index (χ2n) is 7.03. The molecule has 0 radical (unpaired) electrons. The number of aryl methyl sites for hydroxylation is 3. The fraction of sp³-hybridized carbons (Fsp3) is 0.318. The predicted octanol–water partition coefficient (Wildman–Crippen LogP) is 2.98. The molecule has 0 aliphatic heterocycles. The van der Waals surface area contributed by atoms with Gasteiger partial charge in [-0.3, -0.25) is 4.79 Å². The molecule has 3 aromatic rings. The first-order valence-electron chi connectivity index (χ1n) is 9.14. The van der Waals surface area contributed by atoms with Crippen LogP contribution in [-0.2, 0) is 6.54 Å². The molecule has 5 heteroatoms. The van der Waals surface area contributed by atoms with Crippen LogP contribution in [-0.4, -0.2) is 29.3 Å². The molecule has 1 atom stereocenters. The Bertz CT molecular complexity index is 974. The SMILES string of the molecule is Cc1ccc2[nH]c(=O)c(CNCC(O)COc3c(C)cccc3C)cc2c1. The second kappa shape index (κ2) is 8.37. The van der Waals surface area contributed by atoms with Crippen LogP contribution in [0.2, 0.25) is 0 Å². The number of pyridine rings is 1. The number of hydrogen-bond acceptors (Lipinski definition) is 4. The van der Waals surface area contributed by atoms with Crippen LogP contribution in [0.25, 0.3) is 10.9 Å². The standard InChI is InChI=1S/C22H26N2O3/c1-14-7-8-20-17(9-14)10-18(22(26)24-20)11-23-12-19(25)13-27-21-15(2)5-4-6-16(21)3/h4-10,19,23,25H,11-13H2,1-3H3,(H,24,26). The number of H-pyrrole nitrogens is 1. The number of rotatable bonds is 7. The van der Waals surface area contributed by atoms with E-state index >= 15 is 0 Å². The Morgan fingerprint density at radius 1 is 1.11 bits per heavy atom. The van der Waals surface area contributed by atoms with Gasteiger partial charge in [-0.2, -0.15) is 0 Å². The van der Waals surface area contributed by atoms with Gasteiger partial charge in [-0.1, -0.05) is 29.8 Å². The number of nitrogens with one attached hydrogen (secondary N) is 2. The molecule has 0 fully saturated rings. The van der Waals surface area contributed by atoms with Crippen LogP contribution in [0.4, 0.5) is 0 Å². The molecule has 1 aromatic heterocycles. The van der Waals surface area contributed by atoms with E-state index < -0.39 is 6.10 Å². The van der Waals surface area contributed by atoms with Crippen LogP contribution >= 0.6 is 0 Å². The van der Waals surface area contributed by atoms with E-state index in [-0.39, 0.29) is 12.2 Å². The molecule has 0 amide bonds. The maximum Gasteiger partial charge on any atom is 0.252 e. The zero-order valence-corrected chi connectivity index (χ0v) is 16.0. The van der Waals surface area contributed by atoms with Gasteiger partial charge >= 0.3 is 0 Å². The topological polar surface area (TPSA) is 74.4 Å². The normalized spacial score (nSPS) is 12.3. The summed E-state index contributed by atoms with van der Waals surface area (Å²) < 4.78 is 5.77. The number of benzene rings is 2. The van der Waals surface area contributed by atoms with E-state index in [1.165, 1.54) is 0 Å². The summed E-state index contributed by atoms with van der Waals surface area (Å²) in [5.41, 5.74) is 4.61. The van der Waals surface area contributed by atoms with E-state index in [9.17, 15) is 9.90 Å². The zero-order chi connectivity index (χ0) is 19.4. The summed E-state index contributed by atoms with van der Waals surface area (Å²) in [4.78, 5) is 15.1. The second-order valence-corrected chi connectivity index (χ2v) is 7.03. The van der Waals surface area contributed by atoms with E-state index in [4.69, 9.17) is 4.74 Å². The van der Waals surface area contributed by atoms with Gasteiger partial charge in [0.15, 0.2) is 0 Å². The molecule has 3 N–H and O–H groups in total. The minimum Gasteiger partial charge on any atom is -0.490 e. The molecule has 0 spiro atoms. The maximum absolute atomic E-state index is 12.2. The van der Waals surface area contributed by atoms with Crippen molar-refractivity contribution in [1.29, 1.82) is 0 Å². The molecule has 0 bridgehead atoms. The summed E-state index contributed by atoms with van der Waals surface area (Å²) in [5, 5.41) is 14.3. The number of fused-ring (bicyclic) bond motifs is 1. The molecule has 0 aliphatic rings. The zero-order valence-electron chi connectivity index (χ0n) is 16.0. The molecule has 1 unspecified atom stereocenters. The smallest absolute Gasteiger partial charge is 0.252 e. The summed E-state index contributed by atoms with van der Waals surface area (Å²) in [6.07, 6.45) is -0.661. The molecule has 27 heavy (non-hydrogen) atoms. The van der Waals surface area contributed by atoms with Crippen LogP contribution in [0.5, 0.6) is 5.75 Å². The Morgan fingerprint density at radius 2 is 1.85 bits per heavy atom. The third-order valence-electron chi connectivity index (χ3n) is 4.60. The summed E-state index contributed by atoms with van der Waals surface area (Å²) >= 11 is 0. The minimum absolute atomic E-state index is 0.111. The molecule has 142 valence electrons. The number of para-hydroxylation sites is 1. The van der Waals surface area contributed by atoms with Gasteiger partial charge in [0.05, 0.1) is 0 Å². The molecule has 3 rings (SSSR count). The van der Waals surface area contributed by atoms with E-state index in [0.717, 1.165) is 33.3 Å². The van der Waals surface area contributed by atoms with E-state index in [1.807, 2.05) is 63.2 Å². The van der Waals surface area contributed by atoms with Gasteiger partial charge in [0.1, 0.15) is 18.5 Å². The highest BCUT2D eigenvalue weighted by Gasteiger charge is 2.09. The highest BCUT2D eigenvalue weighted by Crippen LogP contribution is 2.22. The summed E-state index contributed by atoms with van der Waals surface area (Å²) in [6.45, 7) is 6.93. The van der Waals surface area contributed by atoms with Crippen molar-refractivity contribution in [2.45, 2.75) is 33.4 Å². The van der Waals surface area contributed by atoms with Crippen molar-refractivity contribution in [1.82, 2.24) is 10.3 Å². The lowest BCUT2D eigenvalue weighted by molar-refractivity contribution is 0.105. The first kappa shape index (κ1) is 19.1. The number of aliphatic hydroxyl groups excluding tert-OH is 1. The Labute approximate surface area is 159 Å². The molecule has 0 saturated carbocycles. The van der Waals surface area contributed by atoms with Crippen molar-refractivity contribution in [2.75, 3.05) is 13.2 Å². The van der Waals surface area contributed by atoms with Crippen molar-refractivity contribution in [3.8, 4) is 5.75 Å². The Morgan fingerprint density at radius 3 is 2.59 bits per heavy atom. The Balaban J connectivity index is 1.55. The van der Waals surface area contributed by atoms with E-state index in [1.54, 1.807) is 0 Å². The molecular formula is C22H26N2O3. The van der Waals surface area contributed by atoms with Gasteiger partial charge in [-0.25, -0.2) is 0 Å². The fourth-order valence-corrected chi connectivity index (χ4v) is 3.14. The van der Waals surface area contributed by atoms with Crippen molar-refractivity contribution in [2.24, 2.45) is 0 Å². The van der Waals surface area contributed by atoms with Crippen molar-refractivity contribution >= 4 is 10.9 Å². The van der Waals surface area contributed by atoms with Gasteiger partial charge in [0.2, 0.25) is 0 Å². The van der Waals surface area contributed by atoms with Gasteiger partial charge in [-0.05, 0) is 55.5 Å². The third kappa shape index (κ3) is 4.76. The average molecular weight is 366 g/mol. The Hall–Kier alpha value is -2.63. The number of hydrogen-bond donors (Lipinski definition) is 3. The Kier molecular flexibility index (Phi) is 5.94. The predicted molar refractivity (Wildman–Crippen MR) is 108 cm³/mol. The fourth-order valence-electron chi connectivity index (χ4n) is 3.14. The lowest BCUT2D eigenvalue weighted by atomic mass is 10.1. The van der Waals surface area contributed by atoms with Crippen LogP contribution < -0.4 is 15.6 Å². The maximum atomic E-state index is 12.2. The minimum atomic E-state index is -0.661. The highest BCUT2D eigenvalue weighted by atomic mass is 16.5. The number of aromatic nitrogens is 1. The monoisotopic (exact) mass is 366 g/mol. The van der Waals surface area contributed by atoms with Crippen LogP contribution in [0.3, 0.4) is 0 Å². The van der Waals surface area contributed by atoms with Gasteiger partial charge in [0, 0.05) is 24.2 Å². The van der Waals surface area contributed by atoms with Gasteiger partial charge in [0.25, 0.3) is 5.56 Å². The molecule has 1 heterocycles. The third-order valence-corrected chi connectivity index (χ3v) is 4.60. The number of aromatic amines is 1.